The van der Waals surface area contributed by atoms with Crippen LogP contribution in [0.25, 0.3) is 0 Å². The van der Waals surface area contributed by atoms with E-state index in [-0.39, 0.29) is 6.10 Å². The molecule has 118 valence electrons. The van der Waals surface area contributed by atoms with Gasteiger partial charge in [0.25, 0.3) is 0 Å². The third-order valence-corrected chi connectivity index (χ3v) is 5.11. The monoisotopic (exact) mass is 283 g/mol. The Morgan fingerprint density at radius 2 is 1.75 bits per heavy atom. The molecule has 0 aliphatic heterocycles. The first-order valence-electron chi connectivity index (χ1n) is 8.82. The van der Waals surface area contributed by atoms with Crippen LogP contribution in [0.5, 0.6) is 0 Å². The van der Waals surface area contributed by atoms with Crippen molar-refractivity contribution in [1.29, 1.82) is 0 Å². The Labute approximate surface area is 124 Å². The minimum Gasteiger partial charge on any atom is -0.389 e. The van der Waals surface area contributed by atoms with Gasteiger partial charge in [-0.05, 0) is 31.6 Å². The fourth-order valence-corrected chi connectivity index (χ4v) is 3.76. The predicted molar refractivity (Wildman–Crippen MR) is 82.9 cm³/mol. The molecule has 0 bridgehead atoms. The number of aliphatic hydroxyl groups excluding tert-OH is 1. The molecule has 2 saturated carbocycles. The summed E-state index contributed by atoms with van der Waals surface area (Å²) in [5, 5.41) is 13.6. The van der Waals surface area contributed by atoms with Gasteiger partial charge in [-0.1, -0.05) is 45.4 Å². The van der Waals surface area contributed by atoms with Gasteiger partial charge in [0.15, 0.2) is 0 Å². The van der Waals surface area contributed by atoms with Crippen LogP contribution >= 0.6 is 0 Å². The van der Waals surface area contributed by atoms with Gasteiger partial charge < -0.3 is 15.2 Å². The van der Waals surface area contributed by atoms with Crippen LogP contribution in [0.3, 0.4) is 0 Å². The molecule has 3 unspecified atom stereocenters. The normalized spacial score (nSPS) is 30.3. The van der Waals surface area contributed by atoms with E-state index in [4.69, 9.17) is 4.74 Å². The van der Waals surface area contributed by atoms with Crippen molar-refractivity contribution >= 4 is 0 Å². The van der Waals surface area contributed by atoms with E-state index in [1.165, 1.54) is 64.2 Å². The molecule has 0 saturated heterocycles. The van der Waals surface area contributed by atoms with Gasteiger partial charge in [0.1, 0.15) is 0 Å². The topological polar surface area (TPSA) is 41.5 Å². The molecule has 2 N–H and O–H groups in total. The van der Waals surface area contributed by atoms with Crippen LogP contribution in [0.4, 0.5) is 0 Å². The zero-order chi connectivity index (χ0) is 14.2. The van der Waals surface area contributed by atoms with Crippen LogP contribution in [-0.4, -0.2) is 36.5 Å². The first kappa shape index (κ1) is 16.3. The van der Waals surface area contributed by atoms with Crippen molar-refractivity contribution in [3.63, 3.8) is 0 Å². The first-order chi connectivity index (χ1) is 9.79. The Morgan fingerprint density at radius 1 is 1.05 bits per heavy atom. The van der Waals surface area contributed by atoms with Crippen LogP contribution in [0.2, 0.25) is 0 Å². The Hall–Kier alpha value is -0.120. The summed E-state index contributed by atoms with van der Waals surface area (Å²) in [6.45, 7) is 3.45. The second-order valence-corrected chi connectivity index (χ2v) is 6.72. The van der Waals surface area contributed by atoms with Crippen LogP contribution in [0.15, 0.2) is 0 Å². The van der Waals surface area contributed by atoms with Crippen LogP contribution in [0.1, 0.15) is 71.1 Å². The lowest BCUT2D eigenvalue weighted by Gasteiger charge is -2.31. The Kier molecular flexibility index (Phi) is 7.32. The van der Waals surface area contributed by atoms with Gasteiger partial charge in [0.2, 0.25) is 0 Å². The maximum absolute atomic E-state index is 10.1. The van der Waals surface area contributed by atoms with Gasteiger partial charge in [-0.15, -0.1) is 0 Å². The molecule has 0 aromatic rings. The third kappa shape index (κ3) is 5.34. The predicted octanol–water partition coefficient (Wildman–Crippen LogP) is 3.26. The summed E-state index contributed by atoms with van der Waals surface area (Å²) in [5.41, 5.74) is 0. The van der Waals surface area contributed by atoms with Crippen molar-refractivity contribution in [1.82, 2.24) is 5.32 Å². The van der Waals surface area contributed by atoms with E-state index >= 15 is 0 Å². The van der Waals surface area contributed by atoms with Crippen molar-refractivity contribution in [2.24, 2.45) is 5.92 Å². The second-order valence-electron chi connectivity index (χ2n) is 6.72. The summed E-state index contributed by atoms with van der Waals surface area (Å²) < 4.78 is 6.00. The van der Waals surface area contributed by atoms with E-state index in [9.17, 15) is 5.11 Å². The Morgan fingerprint density at radius 3 is 2.50 bits per heavy atom. The molecule has 20 heavy (non-hydrogen) atoms. The Bertz CT molecular complexity index is 253. The van der Waals surface area contributed by atoms with Crippen LogP contribution < -0.4 is 5.32 Å². The van der Waals surface area contributed by atoms with Crippen molar-refractivity contribution in [2.45, 2.75) is 89.4 Å². The number of ether oxygens (including phenoxy) is 1. The molecular formula is C17H33NO2. The van der Waals surface area contributed by atoms with Gasteiger partial charge in [0.05, 0.1) is 18.8 Å². The maximum Gasteiger partial charge on any atom is 0.0897 e. The summed E-state index contributed by atoms with van der Waals surface area (Å²) in [5.74, 6) is 0.710. The van der Waals surface area contributed by atoms with Gasteiger partial charge in [0, 0.05) is 12.6 Å². The number of hydrogen-bond acceptors (Lipinski definition) is 3. The van der Waals surface area contributed by atoms with Crippen LogP contribution in [0, 0.1) is 5.92 Å². The maximum atomic E-state index is 10.1. The van der Waals surface area contributed by atoms with Gasteiger partial charge in [-0.2, -0.15) is 0 Å². The first-order valence-corrected chi connectivity index (χ1v) is 8.82. The van der Waals surface area contributed by atoms with E-state index in [1.807, 2.05) is 0 Å². The molecule has 0 radical (unpaired) electrons. The van der Waals surface area contributed by atoms with E-state index in [2.05, 4.69) is 12.2 Å². The highest BCUT2D eigenvalue weighted by atomic mass is 16.5. The van der Waals surface area contributed by atoms with Gasteiger partial charge in [-0.3, -0.25) is 0 Å². The molecule has 2 aliphatic carbocycles. The average molecular weight is 283 g/mol. The smallest absolute Gasteiger partial charge is 0.0897 e. The number of hydrogen-bond donors (Lipinski definition) is 2. The number of rotatable bonds is 7. The Balaban J connectivity index is 1.59. The van der Waals surface area contributed by atoms with Crippen molar-refractivity contribution < 1.29 is 9.84 Å². The standard InChI is InChI=1S/C17H33NO2/c1-2-14-8-6-7-11-17(14)20-13-16(19)12-18-15-9-4-3-5-10-15/h14-19H,2-13H2,1H3. The summed E-state index contributed by atoms with van der Waals surface area (Å²) in [7, 11) is 0. The highest BCUT2D eigenvalue weighted by Crippen LogP contribution is 2.29. The van der Waals surface area contributed by atoms with E-state index < -0.39 is 0 Å². The molecule has 2 fully saturated rings. The quantitative estimate of drug-likeness (QED) is 0.753. The second kappa shape index (κ2) is 9.01. The third-order valence-electron chi connectivity index (χ3n) is 5.11. The minimum atomic E-state index is -0.351. The summed E-state index contributed by atoms with van der Waals surface area (Å²) in [6.07, 6.45) is 13.0. The molecule has 3 nitrogen and oxygen atoms in total. The largest absolute Gasteiger partial charge is 0.389 e. The zero-order valence-corrected chi connectivity index (χ0v) is 13.2. The minimum absolute atomic E-state index is 0.351. The lowest BCUT2D eigenvalue weighted by atomic mass is 9.85. The molecule has 0 aromatic heterocycles. The molecule has 0 heterocycles. The highest BCUT2D eigenvalue weighted by Gasteiger charge is 2.25. The van der Waals surface area contributed by atoms with E-state index in [1.54, 1.807) is 0 Å². The molecule has 0 amide bonds. The SMILES string of the molecule is CCC1CCCCC1OCC(O)CNC1CCCCC1. The molecule has 0 spiro atoms. The van der Waals surface area contributed by atoms with E-state index in [0.29, 0.717) is 31.2 Å². The van der Waals surface area contributed by atoms with Gasteiger partial charge in [-0.25, -0.2) is 0 Å². The fourth-order valence-electron chi connectivity index (χ4n) is 3.76. The zero-order valence-electron chi connectivity index (χ0n) is 13.2. The molecule has 3 atom stereocenters. The fraction of sp³-hybridized carbons (Fsp3) is 1.00. The summed E-state index contributed by atoms with van der Waals surface area (Å²) in [6, 6.07) is 0.622. The lowest BCUT2D eigenvalue weighted by Crippen LogP contribution is -2.39. The summed E-state index contributed by atoms with van der Waals surface area (Å²) in [4.78, 5) is 0. The molecule has 0 aromatic carbocycles. The van der Waals surface area contributed by atoms with Crippen molar-refractivity contribution in [2.75, 3.05) is 13.2 Å². The number of nitrogens with one attached hydrogen (secondary N) is 1. The molecule has 3 heteroatoms. The molecule has 2 aliphatic rings. The highest BCUT2D eigenvalue weighted by molar-refractivity contribution is 4.77. The van der Waals surface area contributed by atoms with Crippen molar-refractivity contribution in [3.8, 4) is 0 Å². The summed E-state index contributed by atoms with van der Waals surface area (Å²) >= 11 is 0. The molecule has 2 rings (SSSR count). The van der Waals surface area contributed by atoms with Crippen LogP contribution in [-0.2, 0) is 4.74 Å². The van der Waals surface area contributed by atoms with Crippen molar-refractivity contribution in [3.05, 3.63) is 0 Å². The lowest BCUT2D eigenvalue weighted by molar-refractivity contribution is -0.0504. The van der Waals surface area contributed by atoms with Gasteiger partial charge >= 0.3 is 0 Å². The van der Waals surface area contributed by atoms with E-state index in [0.717, 1.165) is 0 Å². The average Bonchev–Trinajstić information content (AvgIpc) is 2.52. The number of aliphatic hydroxyl groups is 1. The molecular weight excluding hydrogens is 250 g/mol.